The van der Waals surface area contributed by atoms with Gasteiger partial charge in [-0.1, -0.05) is 208 Å². The first-order valence-corrected chi connectivity index (χ1v) is 26.8. The first-order valence-electron chi connectivity index (χ1n) is 26.8. The number of aromatic nitrogens is 1. The molecule has 0 spiro atoms. The van der Waals surface area contributed by atoms with Crippen LogP contribution in [0.25, 0.3) is 82.3 Å². The van der Waals surface area contributed by atoms with E-state index < -0.39 is 0 Å². The molecule has 3 heterocycles. The summed E-state index contributed by atoms with van der Waals surface area (Å²) in [6.07, 6.45) is 0. The Balaban J connectivity index is 1.13. The van der Waals surface area contributed by atoms with E-state index in [1.54, 1.807) is 0 Å². The van der Waals surface area contributed by atoms with Gasteiger partial charge >= 0.3 is 0 Å². The van der Waals surface area contributed by atoms with Gasteiger partial charge in [0.1, 0.15) is 5.58 Å². The Hall–Kier alpha value is -8.60. The van der Waals surface area contributed by atoms with Gasteiger partial charge in [-0.15, -0.1) is 0 Å². The van der Waals surface area contributed by atoms with Crippen molar-refractivity contribution in [1.29, 1.82) is 0 Å². The van der Waals surface area contributed by atoms with E-state index in [1.807, 2.05) is 0 Å². The molecular formula is C72H63N3O. The van der Waals surface area contributed by atoms with Crippen LogP contribution in [-0.4, -0.2) is 4.40 Å². The van der Waals surface area contributed by atoms with Crippen molar-refractivity contribution >= 4 is 94.2 Å². The molecule has 13 rings (SSSR count). The third kappa shape index (κ3) is 7.81. The van der Waals surface area contributed by atoms with Gasteiger partial charge in [-0.25, -0.2) is 0 Å². The van der Waals surface area contributed by atoms with Crippen molar-refractivity contribution in [1.82, 2.24) is 4.40 Å². The molecule has 3 aromatic heterocycles. The highest BCUT2D eigenvalue weighted by molar-refractivity contribution is 6.39. The molecule has 0 aliphatic heterocycles. The summed E-state index contributed by atoms with van der Waals surface area (Å²) in [5.74, 6) is 0. The number of hydrogen-bond donors (Lipinski definition) is 0. The number of hydrogen-bond acceptors (Lipinski definition) is 3. The Morgan fingerprint density at radius 1 is 0.329 bits per heavy atom. The standard InChI is InChI=1S/C72H63N3O/c1-70(2,3)50-28-37-54(38-29-50)73(53-33-24-48(25-34-53)46-18-12-10-13-19-46)57-41-42-60-62(45-57)75-68-64(60)58-22-16-17-23-59(58)67(66(68)65-61-44-52(72(7,8)9)32-43-63(61)76-69(65)75)74(56-39-30-51(31-40-56)71(4,5)6)55-35-26-49(27-36-55)47-20-14-11-15-21-47/h10-45H,1-9H3. The zero-order valence-electron chi connectivity index (χ0n) is 45.0. The molecule has 0 N–H and O–H groups in total. The predicted molar refractivity (Wildman–Crippen MR) is 325 cm³/mol. The molecule has 0 aliphatic rings. The summed E-state index contributed by atoms with van der Waals surface area (Å²) in [4.78, 5) is 4.91. The van der Waals surface area contributed by atoms with E-state index in [0.29, 0.717) is 0 Å². The van der Waals surface area contributed by atoms with E-state index in [1.165, 1.54) is 65.9 Å². The summed E-state index contributed by atoms with van der Waals surface area (Å²) in [6, 6.07) is 80.8. The van der Waals surface area contributed by atoms with Gasteiger partial charge in [0.25, 0.3) is 0 Å². The zero-order valence-corrected chi connectivity index (χ0v) is 45.0. The minimum absolute atomic E-state index is 0.00733. The summed E-state index contributed by atoms with van der Waals surface area (Å²) in [6.45, 7) is 20.6. The Morgan fingerprint density at radius 2 is 0.763 bits per heavy atom. The first kappa shape index (κ1) is 47.1. The predicted octanol–water partition coefficient (Wildman–Crippen LogP) is 20.9. The summed E-state index contributed by atoms with van der Waals surface area (Å²) < 4.78 is 9.76. The molecule has 372 valence electrons. The van der Waals surface area contributed by atoms with Crippen LogP contribution in [0.4, 0.5) is 34.1 Å². The molecule has 0 aliphatic carbocycles. The molecule has 13 aromatic rings. The fourth-order valence-electron chi connectivity index (χ4n) is 11.7. The average Bonchev–Trinajstić information content (AvgIpc) is 4.21. The molecule has 10 aromatic carbocycles. The minimum atomic E-state index is -0.0788. The van der Waals surface area contributed by atoms with Crippen LogP contribution in [0.2, 0.25) is 0 Å². The van der Waals surface area contributed by atoms with Gasteiger partial charge in [0, 0.05) is 55.4 Å². The molecule has 76 heavy (non-hydrogen) atoms. The summed E-state index contributed by atoms with van der Waals surface area (Å²) in [5, 5.41) is 8.18. The van der Waals surface area contributed by atoms with Crippen molar-refractivity contribution in [2.24, 2.45) is 0 Å². The Labute approximate surface area is 446 Å². The van der Waals surface area contributed by atoms with Gasteiger partial charge in [0.2, 0.25) is 5.71 Å². The Morgan fingerprint density at radius 3 is 1.28 bits per heavy atom. The van der Waals surface area contributed by atoms with Crippen LogP contribution in [0.15, 0.2) is 223 Å². The van der Waals surface area contributed by atoms with E-state index in [9.17, 15) is 0 Å². The highest BCUT2D eigenvalue weighted by Crippen LogP contribution is 2.55. The fourth-order valence-corrected chi connectivity index (χ4v) is 11.7. The lowest BCUT2D eigenvalue weighted by atomic mass is 9.86. The molecule has 4 nitrogen and oxygen atoms in total. The van der Waals surface area contributed by atoms with Gasteiger partial charge in [-0.2, -0.15) is 0 Å². The largest absolute Gasteiger partial charge is 0.439 e. The van der Waals surface area contributed by atoms with Crippen LogP contribution < -0.4 is 9.80 Å². The fraction of sp³-hybridized carbons (Fsp3) is 0.167. The van der Waals surface area contributed by atoms with E-state index in [0.717, 1.165) is 67.2 Å². The monoisotopic (exact) mass is 985 g/mol. The quantitative estimate of drug-likeness (QED) is 0.152. The van der Waals surface area contributed by atoms with E-state index in [2.05, 4.69) is 295 Å². The number of anilines is 6. The van der Waals surface area contributed by atoms with Crippen molar-refractivity contribution < 1.29 is 4.42 Å². The number of rotatable bonds is 8. The molecule has 0 fully saturated rings. The maximum Gasteiger partial charge on any atom is 0.213 e. The van der Waals surface area contributed by atoms with Crippen molar-refractivity contribution in [3.63, 3.8) is 0 Å². The summed E-state index contributed by atoms with van der Waals surface area (Å²) in [7, 11) is 0. The maximum atomic E-state index is 7.31. The van der Waals surface area contributed by atoms with Crippen LogP contribution in [-0.2, 0) is 16.2 Å². The SMILES string of the molecule is CC(C)(C)c1ccc(N(c2ccc(-c3ccccc3)cc2)c2ccc3c4c5ccccc5c(N(c5ccc(-c6ccccc6)cc5)c5ccc(C(C)(C)C)cc5)c5c6c7cc(C(C)(C)C)ccc7oc6n(c3c2)c54)cc1. The van der Waals surface area contributed by atoms with Crippen LogP contribution >= 0.6 is 0 Å². The van der Waals surface area contributed by atoms with Gasteiger partial charge in [-0.05, 0) is 133 Å². The van der Waals surface area contributed by atoms with Crippen molar-refractivity contribution in [2.45, 2.75) is 78.6 Å². The van der Waals surface area contributed by atoms with Crippen LogP contribution in [0, 0.1) is 0 Å². The third-order valence-electron chi connectivity index (χ3n) is 15.8. The van der Waals surface area contributed by atoms with Gasteiger partial charge < -0.3 is 14.2 Å². The molecular weight excluding hydrogens is 923 g/mol. The van der Waals surface area contributed by atoms with E-state index >= 15 is 0 Å². The lowest BCUT2D eigenvalue weighted by Crippen LogP contribution is -2.13. The molecule has 0 amide bonds. The van der Waals surface area contributed by atoms with Crippen molar-refractivity contribution in [2.75, 3.05) is 9.80 Å². The number of benzene rings is 10. The molecule has 0 radical (unpaired) electrons. The topological polar surface area (TPSA) is 24.0 Å². The number of fused-ring (bicyclic) bond motifs is 10. The molecule has 0 saturated heterocycles. The first-order chi connectivity index (χ1) is 36.6. The Kier molecular flexibility index (Phi) is 10.9. The lowest BCUT2D eigenvalue weighted by molar-refractivity contribution is 0.590. The maximum absolute atomic E-state index is 7.31. The molecule has 0 atom stereocenters. The van der Waals surface area contributed by atoms with Crippen molar-refractivity contribution in [3.8, 4) is 22.3 Å². The van der Waals surface area contributed by atoms with Gasteiger partial charge in [0.15, 0.2) is 0 Å². The van der Waals surface area contributed by atoms with Gasteiger partial charge in [-0.3, -0.25) is 4.40 Å². The molecule has 0 bridgehead atoms. The number of nitrogens with zero attached hydrogens (tertiary/aromatic N) is 3. The van der Waals surface area contributed by atoms with Crippen LogP contribution in [0.5, 0.6) is 0 Å². The average molecular weight is 986 g/mol. The molecule has 0 unspecified atom stereocenters. The van der Waals surface area contributed by atoms with Crippen molar-refractivity contribution in [3.05, 3.63) is 235 Å². The smallest absolute Gasteiger partial charge is 0.213 e. The van der Waals surface area contributed by atoms with E-state index in [4.69, 9.17) is 4.42 Å². The van der Waals surface area contributed by atoms with E-state index in [-0.39, 0.29) is 16.2 Å². The van der Waals surface area contributed by atoms with Crippen LogP contribution in [0.3, 0.4) is 0 Å². The lowest BCUT2D eigenvalue weighted by Gasteiger charge is -2.29. The summed E-state index contributed by atoms with van der Waals surface area (Å²) in [5.41, 5.74) is 19.1. The molecule has 0 saturated carbocycles. The number of furan rings is 1. The minimum Gasteiger partial charge on any atom is -0.439 e. The second kappa shape index (κ2) is 17.5. The zero-order chi connectivity index (χ0) is 52.3. The molecule has 4 heteroatoms. The van der Waals surface area contributed by atoms with Gasteiger partial charge in [0.05, 0.1) is 22.1 Å². The second-order valence-corrected chi connectivity index (χ2v) is 23.9. The second-order valence-electron chi connectivity index (χ2n) is 23.9. The summed E-state index contributed by atoms with van der Waals surface area (Å²) >= 11 is 0. The third-order valence-corrected chi connectivity index (χ3v) is 15.8. The highest BCUT2D eigenvalue weighted by atomic mass is 16.3. The normalized spacial score (nSPS) is 12.5. The van der Waals surface area contributed by atoms with Crippen LogP contribution in [0.1, 0.15) is 79.0 Å². The Bertz CT molecular complexity index is 4280. The highest BCUT2D eigenvalue weighted by Gasteiger charge is 2.32.